The number of rotatable bonds is 5. The van der Waals surface area contributed by atoms with Crippen LogP contribution in [0.3, 0.4) is 0 Å². The molecule has 0 spiro atoms. The minimum Gasteiger partial charge on any atom is -0.485 e. The van der Waals surface area contributed by atoms with E-state index in [0.717, 1.165) is 10.0 Å². The van der Waals surface area contributed by atoms with Gasteiger partial charge in [0.05, 0.1) is 11.4 Å². The molecular formula is C23H18BrN3O3. The number of ether oxygens (including phenoxy) is 1. The van der Waals surface area contributed by atoms with Crippen molar-refractivity contribution in [1.29, 1.82) is 0 Å². The number of carbonyl (C=O) groups is 1. The van der Waals surface area contributed by atoms with Crippen molar-refractivity contribution in [2.45, 2.75) is 13.5 Å². The molecule has 0 aliphatic heterocycles. The normalized spacial score (nSPS) is 10.7. The largest absolute Gasteiger partial charge is 0.485 e. The molecule has 6 nitrogen and oxygen atoms in total. The molecule has 150 valence electrons. The van der Waals surface area contributed by atoms with E-state index in [-0.39, 0.29) is 18.1 Å². The number of nitrogens with zero attached hydrogens (tertiary/aromatic N) is 2. The molecule has 0 fully saturated rings. The molecule has 4 rings (SSSR count). The highest BCUT2D eigenvalue weighted by Gasteiger charge is 2.11. The number of hydrogen-bond donors (Lipinski definition) is 1. The Kier molecular flexibility index (Phi) is 5.63. The summed E-state index contributed by atoms with van der Waals surface area (Å²) in [5.41, 5.74) is 2.91. The number of anilines is 1. The molecule has 0 unspecified atom stereocenters. The van der Waals surface area contributed by atoms with E-state index in [1.807, 2.05) is 37.3 Å². The molecule has 7 heteroatoms. The third-order valence-corrected chi connectivity index (χ3v) is 5.03. The van der Waals surface area contributed by atoms with E-state index in [2.05, 4.69) is 26.2 Å². The monoisotopic (exact) mass is 463 g/mol. The zero-order valence-corrected chi connectivity index (χ0v) is 17.7. The van der Waals surface area contributed by atoms with Crippen molar-refractivity contribution in [1.82, 2.24) is 9.38 Å². The SMILES string of the molecule is Cc1cccn2c(=O)cc(COc3ccccc3NC(=O)c3cccc(Br)c3)nc12. The first-order chi connectivity index (χ1) is 14.5. The number of pyridine rings is 1. The Balaban J connectivity index is 1.55. The van der Waals surface area contributed by atoms with Gasteiger partial charge in [-0.3, -0.25) is 14.0 Å². The summed E-state index contributed by atoms with van der Waals surface area (Å²) in [6.45, 7) is 2.00. The first kappa shape index (κ1) is 19.8. The van der Waals surface area contributed by atoms with Crippen LogP contribution in [0.4, 0.5) is 5.69 Å². The second-order valence-electron chi connectivity index (χ2n) is 6.72. The highest BCUT2D eigenvalue weighted by molar-refractivity contribution is 9.10. The maximum Gasteiger partial charge on any atom is 0.258 e. The van der Waals surface area contributed by atoms with Crippen LogP contribution in [0.1, 0.15) is 21.6 Å². The number of fused-ring (bicyclic) bond motifs is 1. The van der Waals surface area contributed by atoms with Gasteiger partial charge in [0.2, 0.25) is 0 Å². The Labute approximate surface area is 181 Å². The van der Waals surface area contributed by atoms with Crippen molar-refractivity contribution in [3.63, 3.8) is 0 Å². The number of nitrogens with one attached hydrogen (secondary N) is 1. The van der Waals surface area contributed by atoms with E-state index < -0.39 is 0 Å². The molecule has 0 saturated heterocycles. The lowest BCUT2D eigenvalue weighted by Crippen LogP contribution is -2.17. The fourth-order valence-electron chi connectivity index (χ4n) is 3.05. The molecule has 2 heterocycles. The van der Waals surface area contributed by atoms with E-state index in [1.165, 1.54) is 10.5 Å². The third-order valence-electron chi connectivity index (χ3n) is 4.54. The van der Waals surface area contributed by atoms with Gasteiger partial charge in [0, 0.05) is 22.3 Å². The number of aryl methyl sites for hydroxylation is 1. The van der Waals surface area contributed by atoms with Crippen LogP contribution in [0.15, 0.2) is 82.2 Å². The summed E-state index contributed by atoms with van der Waals surface area (Å²) in [6.07, 6.45) is 1.69. The van der Waals surface area contributed by atoms with Crippen molar-refractivity contribution in [3.8, 4) is 5.75 Å². The molecular weight excluding hydrogens is 446 g/mol. The number of benzene rings is 2. The van der Waals surface area contributed by atoms with Crippen LogP contribution in [-0.4, -0.2) is 15.3 Å². The van der Waals surface area contributed by atoms with Crippen LogP contribution >= 0.6 is 15.9 Å². The number of amides is 1. The van der Waals surface area contributed by atoms with E-state index >= 15 is 0 Å². The lowest BCUT2D eigenvalue weighted by Gasteiger charge is -2.13. The molecule has 0 atom stereocenters. The maximum absolute atomic E-state index is 12.6. The van der Waals surface area contributed by atoms with Gasteiger partial charge in [-0.05, 0) is 48.9 Å². The smallest absolute Gasteiger partial charge is 0.258 e. The summed E-state index contributed by atoms with van der Waals surface area (Å²) >= 11 is 3.37. The average molecular weight is 464 g/mol. The Morgan fingerprint density at radius 1 is 1.10 bits per heavy atom. The molecule has 1 N–H and O–H groups in total. The van der Waals surface area contributed by atoms with Crippen molar-refractivity contribution < 1.29 is 9.53 Å². The van der Waals surface area contributed by atoms with E-state index in [4.69, 9.17) is 4.74 Å². The zero-order chi connectivity index (χ0) is 21.1. The Hall–Kier alpha value is -3.45. The zero-order valence-electron chi connectivity index (χ0n) is 16.1. The topological polar surface area (TPSA) is 72.7 Å². The predicted molar refractivity (Wildman–Crippen MR) is 119 cm³/mol. The van der Waals surface area contributed by atoms with Crippen molar-refractivity contribution >= 4 is 33.2 Å². The molecule has 4 aromatic rings. The molecule has 1 amide bonds. The molecule has 0 radical (unpaired) electrons. The minimum atomic E-state index is -0.245. The maximum atomic E-state index is 12.6. The number of halogens is 1. The molecule has 2 aromatic heterocycles. The van der Waals surface area contributed by atoms with Gasteiger partial charge >= 0.3 is 0 Å². The summed E-state index contributed by atoms with van der Waals surface area (Å²) in [5.74, 6) is 0.248. The molecule has 0 aliphatic rings. The van der Waals surface area contributed by atoms with Crippen LogP contribution in [0, 0.1) is 6.92 Å². The number of para-hydroxylation sites is 2. The first-order valence-electron chi connectivity index (χ1n) is 9.28. The quantitative estimate of drug-likeness (QED) is 0.469. The van der Waals surface area contributed by atoms with Crippen LogP contribution in [0.2, 0.25) is 0 Å². The predicted octanol–water partition coefficient (Wildman–Crippen LogP) is 4.60. The number of carbonyl (C=O) groups excluding carboxylic acids is 1. The Bertz CT molecular complexity index is 1300. The highest BCUT2D eigenvalue weighted by Crippen LogP contribution is 2.25. The summed E-state index contributed by atoms with van der Waals surface area (Å²) in [6, 6.07) is 19.5. The van der Waals surface area contributed by atoms with E-state index in [1.54, 1.807) is 36.5 Å². The highest BCUT2D eigenvalue weighted by atomic mass is 79.9. The second kappa shape index (κ2) is 8.51. The van der Waals surface area contributed by atoms with Gasteiger partial charge in [-0.15, -0.1) is 0 Å². The third kappa shape index (κ3) is 4.26. The van der Waals surface area contributed by atoms with E-state index in [9.17, 15) is 9.59 Å². The molecule has 2 aromatic carbocycles. The fraction of sp³-hybridized carbons (Fsp3) is 0.0870. The fourth-order valence-corrected chi connectivity index (χ4v) is 3.45. The Morgan fingerprint density at radius 3 is 2.77 bits per heavy atom. The number of aromatic nitrogens is 2. The van der Waals surface area contributed by atoms with Crippen molar-refractivity contribution in [2.24, 2.45) is 0 Å². The van der Waals surface area contributed by atoms with Gasteiger partial charge in [0.1, 0.15) is 18.0 Å². The standard InChI is InChI=1S/C23H18BrN3O3/c1-15-6-5-11-27-21(28)13-18(25-22(15)27)14-30-20-10-3-2-9-19(20)26-23(29)16-7-4-8-17(24)12-16/h2-13H,14H2,1H3,(H,26,29). The van der Waals surface area contributed by atoms with Crippen LogP contribution < -0.4 is 15.6 Å². The van der Waals surface area contributed by atoms with Crippen LogP contribution in [0.5, 0.6) is 5.75 Å². The summed E-state index contributed by atoms with van der Waals surface area (Å²) < 4.78 is 8.22. The van der Waals surface area contributed by atoms with Gasteiger partial charge in [-0.2, -0.15) is 0 Å². The lowest BCUT2D eigenvalue weighted by atomic mass is 10.2. The second-order valence-corrected chi connectivity index (χ2v) is 7.64. The molecule has 0 aliphatic carbocycles. The van der Waals surface area contributed by atoms with Crippen LogP contribution in [-0.2, 0) is 6.61 Å². The Morgan fingerprint density at radius 2 is 1.93 bits per heavy atom. The molecule has 30 heavy (non-hydrogen) atoms. The van der Waals surface area contributed by atoms with Gasteiger partial charge in [0.25, 0.3) is 11.5 Å². The number of hydrogen-bond acceptors (Lipinski definition) is 4. The summed E-state index contributed by atoms with van der Waals surface area (Å²) in [4.78, 5) is 29.5. The van der Waals surface area contributed by atoms with Gasteiger partial charge in [0.15, 0.2) is 0 Å². The molecule has 0 bridgehead atoms. The minimum absolute atomic E-state index is 0.101. The molecule has 0 saturated carbocycles. The van der Waals surface area contributed by atoms with Crippen molar-refractivity contribution in [2.75, 3.05) is 5.32 Å². The summed E-state index contributed by atoms with van der Waals surface area (Å²) in [5, 5.41) is 2.87. The average Bonchev–Trinajstić information content (AvgIpc) is 2.74. The van der Waals surface area contributed by atoms with Crippen LogP contribution in [0.25, 0.3) is 5.65 Å². The van der Waals surface area contributed by atoms with E-state index in [0.29, 0.717) is 28.3 Å². The first-order valence-corrected chi connectivity index (χ1v) is 10.1. The van der Waals surface area contributed by atoms with Crippen molar-refractivity contribution in [3.05, 3.63) is 105 Å². The van der Waals surface area contributed by atoms with Gasteiger partial charge in [-0.1, -0.05) is 40.2 Å². The summed E-state index contributed by atoms with van der Waals surface area (Å²) in [7, 11) is 0. The van der Waals surface area contributed by atoms with Gasteiger partial charge in [-0.25, -0.2) is 4.98 Å². The lowest BCUT2D eigenvalue weighted by molar-refractivity contribution is 0.102. The van der Waals surface area contributed by atoms with Gasteiger partial charge < -0.3 is 10.1 Å².